The van der Waals surface area contributed by atoms with Gasteiger partial charge in [0.25, 0.3) is 12.3 Å². The molecule has 0 atom stereocenters. The Morgan fingerprint density at radius 3 is 2.75 bits per heavy atom. The van der Waals surface area contributed by atoms with Gasteiger partial charge in [0, 0.05) is 0 Å². The van der Waals surface area contributed by atoms with Gasteiger partial charge in [0.15, 0.2) is 6.61 Å². The fraction of sp³-hybridized carbons (Fsp3) is 0.300. The number of carbonyl (C=O) groups is 1. The third-order valence-corrected chi connectivity index (χ3v) is 1.73. The van der Waals surface area contributed by atoms with Crippen LogP contribution in [0.25, 0.3) is 0 Å². The molecule has 3 N–H and O–H groups in total. The fourth-order valence-corrected chi connectivity index (χ4v) is 0.997. The minimum atomic E-state index is -2.56. The molecule has 0 fully saturated rings. The van der Waals surface area contributed by atoms with E-state index in [1.165, 1.54) is 0 Å². The highest BCUT2D eigenvalue weighted by atomic mass is 19.3. The van der Waals surface area contributed by atoms with Crippen LogP contribution in [0.5, 0.6) is 5.75 Å². The molecule has 0 saturated heterocycles. The lowest BCUT2D eigenvalue weighted by Crippen LogP contribution is -2.32. The summed E-state index contributed by atoms with van der Waals surface area (Å²) < 4.78 is 28.5. The van der Waals surface area contributed by atoms with E-state index in [-0.39, 0.29) is 6.61 Å². The van der Waals surface area contributed by atoms with Crippen LogP contribution in [-0.4, -0.2) is 25.5 Å². The van der Waals surface area contributed by atoms with Crippen LogP contribution in [-0.2, 0) is 4.79 Å². The molecule has 0 aliphatic heterocycles. The molecule has 0 bridgehead atoms. The van der Waals surface area contributed by atoms with Crippen molar-refractivity contribution in [2.75, 3.05) is 18.9 Å². The number of hydrogen-bond donors (Lipinski definition) is 2. The molecule has 0 aliphatic carbocycles. The number of alkyl halides is 2. The quantitative estimate of drug-likeness (QED) is 0.742. The van der Waals surface area contributed by atoms with Crippen molar-refractivity contribution in [2.24, 2.45) is 0 Å². The van der Waals surface area contributed by atoms with E-state index >= 15 is 0 Å². The van der Waals surface area contributed by atoms with E-state index in [1.54, 1.807) is 24.3 Å². The van der Waals surface area contributed by atoms with Crippen LogP contribution in [0.2, 0.25) is 0 Å². The number of nitrogens with two attached hydrogens (primary N) is 1. The molecule has 1 aromatic carbocycles. The van der Waals surface area contributed by atoms with Crippen molar-refractivity contribution in [2.45, 2.75) is 6.43 Å². The van der Waals surface area contributed by atoms with Crippen LogP contribution in [0, 0.1) is 0 Å². The second-order valence-corrected chi connectivity index (χ2v) is 3.02. The number of amides is 1. The highest BCUT2D eigenvalue weighted by Gasteiger charge is 2.07. The van der Waals surface area contributed by atoms with Gasteiger partial charge in [0.1, 0.15) is 5.75 Å². The van der Waals surface area contributed by atoms with Gasteiger partial charge in [-0.15, -0.1) is 0 Å². The van der Waals surface area contributed by atoms with E-state index in [0.717, 1.165) is 0 Å². The average molecular weight is 230 g/mol. The Morgan fingerprint density at radius 2 is 2.12 bits per heavy atom. The van der Waals surface area contributed by atoms with Crippen LogP contribution < -0.4 is 15.8 Å². The first-order valence-corrected chi connectivity index (χ1v) is 4.61. The highest BCUT2D eigenvalue weighted by molar-refractivity contribution is 5.77. The summed E-state index contributed by atoms with van der Waals surface area (Å²) in [6.07, 6.45) is -2.56. The van der Waals surface area contributed by atoms with E-state index in [1.807, 2.05) is 5.32 Å². The summed E-state index contributed by atoms with van der Waals surface area (Å²) in [6, 6.07) is 6.63. The predicted octanol–water partition coefficient (Wildman–Crippen LogP) is 1.03. The molecule has 0 unspecified atom stereocenters. The molecule has 4 nitrogen and oxygen atoms in total. The predicted molar refractivity (Wildman–Crippen MR) is 55.4 cm³/mol. The molecule has 88 valence electrons. The Morgan fingerprint density at radius 1 is 1.44 bits per heavy atom. The van der Waals surface area contributed by atoms with E-state index in [9.17, 15) is 13.6 Å². The number of nitrogen functional groups attached to an aromatic ring is 1. The number of carbonyl (C=O) groups excluding carboxylic acids is 1. The van der Waals surface area contributed by atoms with Crippen molar-refractivity contribution < 1.29 is 18.3 Å². The van der Waals surface area contributed by atoms with Gasteiger partial charge in [-0.25, -0.2) is 8.78 Å². The van der Waals surface area contributed by atoms with Crippen molar-refractivity contribution in [3.8, 4) is 5.75 Å². The van der Waals surface area contributed by atoms with Gasteiger partial charge in [-0.3, -0.25) is 4.79 Å². The lowest BCUT2D eigenvalue weighted by molar-refractivity contribution is -0.123. The number of rotatable bonds is 5. The standard InChI is InChI=1S/C10H12F2N2O2/c11-9(12)5-14-10(15)6-16-8-4-2-1-3-7(8)13/h1-4,9H,5-6,13H2,(H,14,15). The number of halogens is 2. The lowest BCUT2D eigenvalue weighted by Gasteiger charge is -2.08. The molecule has 0 aromatic heterocycles. The molecule has 0 heterocycles. The van der Waals surface area contributed by atoms with Crippen molar-refractivity contribution in [1.29, 1.82) is 0 Å². The normalized spacial score (nSPS) is 10.2. The van der Waals surface area contributed by atoms with Crippen LogP contribution in [0.4, 0.5) is 14.5 Å². The number of ether oxygens (including phenoxy) is 1. The Hall–Kier alpha value is -1.85. The molecule has 1 rings (SSSR count). The molecular formula is C10H12F2N2O2. The van der Waals surface area contributed by atoms with Gasteiger partial charge < -0.3 is 15.8 Å². The van der Waals surface area contributed by atoms with Crippen molar-refractivity contribution in [3.05, 3.63) is 24.3 Å². The summed E-state index contributed by atoms with van der Waals surface area (Å²) in [5, 5.41) is 2.02. The Labute approximate surface area is 91.4 Å². The first kappa shape index (κ1) is 12.2. The van der Waals surface area contributed by atoms with Crippen LogP contribution in [0.3, 0.4) is 0 Å². The molecule has 1 aromatic rings. The number of hydrogen-bond acceptors (Lipinski definition) is 3. The lowest BCUT2D eigenvalue weighted by atomic mass is 10.3. The zero-order valence-electron chi connectivity index (χ0n) is 8.45. The van der Waals surface area contributed by atoms with Crippen molar-refractivity contribution >= 4 is 11.6 Å². The summed E-state index contributed by atoms with van der Waals surface area (Å²) in [7, 11) is 0. The van der Waals surface area contributed by atoms with E-state index in [2.05, 4.69) is 0 Å². The molecule has 1 amide bonds. The Bertz CT molecular complexity index is 358. The second-order valence-electron chi connectivity index (χ2n) is 3.02. The van der Waals surface area contributed by atoms with Gasteiger partial charge >= 0.3 is 0 Å². The molecule has 0 radical (unpaired) electrons. The maximum Gasteiger partial charge on any atom is 0.258 e. The monoisotopic (exact) mass is 230 g/mol. The summed E-state index contributed by atoms with van der Waals surface area (Å²) in [5.74, 6) is -0.252. The summed E-state index contributed by atoms with van der Waals surface area (Å²) in [5.41, 5.74) is 5.94. The molecule has 0 spiro atoms. The molecule has 0 saturated carbocycles. The van der Waals surface area contributed by atoms with E-state index in [4.69, 9.17) is 10.5 Å². The number of benzene rings is 1. The third kappa shape index (κ3) is 4.12. The van der Waals surface area contributed by atoms with Crippen LogP contribution >= 0.6 is 0 Å². The van der Waals surface area contributed by atoms with Crippen LogP contribution in [0.15, 0.2) is 24.3 Å². The second kappa shape index (κ2) is 5.89. The number of anilines is 1. The average Bonchev–Trinajstić information content (AvgIpc) is 2.25. The van der Waals surface area contributed by atoms with Crippen molar-refractivity contribution in [3.63, 3.8) is 0 Å². The first-order chi connectivity index (χ1) is 7.59. The van der Waals surface area contributed by atoms with E-state index in [0.29, 0.717) is 11.4 Å². The minimum Gasteiger partial charge on any atom is -0.482 e. The van der Waals surface area contributed by atoms with Gasteiger partial charge in [0.05, 0.1) is 12.2 Å². The molecular weight excluding hydrogens is 218 g/mol. The summed E-state index contributed by atoms with van der Waals surface area (Å²) in [4.78, 5) is 11.0. The number of nitrogens with one attached hydrogen (secondary N) is 1. The maximum atomic E-state index is 11.7. The zero-order chi connectivity index (χ0) is 12.0. The minimum absolute atomic E-state index is 0.332. The fourth-order valence-electron chi connectivity index (χ4n) is 0.997. The maximum absolute atomic E-state index is 11.7. The summed E-state index contributed by atoms with van der Waals surface area (Å²) >= 11 is 0. The highest BCUT2D eigenvalue weighted by Crippen LogP contribution is 2.19. The van der Waals surface area contributed by atoms with Gasteiger partial charge in [-0.1, -0.05) is 12.1 Å². The van der Waals surface area contributed by atoms with Gasteiger partial charge in [-0.2, -0.15) is 0 Å². The van der Waals surface area contributed by atoms with E-state index < -0.39 is 18.9 Å². The van der Waals surface area contributed by atoms with Gasteiger partial charge in [0.2, 0.25) is 0 Å². The summed E-state index contributed by atoms with van der Waals surface area (Å²) in [6.45, 7) is -1.01. The molecule has 16 heavy (non-hydrogen) atoms. The molecule has 6 heteroatoms. The first-order valence-electron chi connectivity index (χ1n) is 4.61. The Kier molecular flexibility index (Phi) is 4.50. The van der Waals surface area contributed by atoms with Crippen molar-refractivity contribution in [1.82, 2.24) is 5.32 Å². The largest absolute Gasteiger partial charge is 0.482 e. The topological polar surface area (TPSA) is 64.3 Å². The SMILES string of the molecule is Nc1ccccc1OCC(=O)NCC(F)F. The molecule has 0 aliphatic rings. The Balaban J connectivity index is 2.35. The third-order valence-electron chi connectivity index (χ3n) is 1.73. The van der Waals surface area contributed by atoms with Crippen LogP contribution in [0.1, 0.15) is 0 Å². The smallest absolute Gasteiger partial charge is 0.258 e. The zero-order valence-corrected chi connectivity index (χ0v) is 8.45. The van der Waals surface area contributed by atoms with Gasteiger partial charge in [-0.05, 0) is 12.1 Å². The number of para-hydroxylation sites is 2.